The number of fused-ring (bicyclic) bond motifs is 2. The van der Waals surface area contributed by atoms with Crippen LogP contribution in [0.15, 0.2) is 60.9 Å². The van der Waals surface area contributed by atoms with Crippen molar-refractivity contribution in [2.24, 2.45) is 11.5 Å². The Bertz CT molecular complexity index is 1010. The molecule has 0 fully saturated rings. The second kappa shape index (κ2) is 8.90. The van der Waals surface area contributed by atoms with E-state index in [0.29, 0.717) is 25.7 Å². The summed E-state index contributed by atoms with van der Waals surface area (Å²) in [5.74, 6) is -0.509. The molecule has 0 saturated carbocycles. The van der Waals surface area contributed by atoms with Crippen molar-refractivity contribution in [1.82, 2.24) is 9.97 Å². The molecule has 6 N–H and O–H groups in total. The molecule has 2 aromatic carbocycles. The molecule has 6 nitrogen and oxygen atoms in total. The minimum Gasteiger partial charge on any atom is -0.370 e. The van der Waals surface area contributed by atoms with E-state index in [4.69, 9.17) is 11.5 Å². The van der Waals surface area contributed by atoms with Crippen LogP contribution in [0.2, 0.25) is 0 Å². The maximum absolute atomic E-state index is 10.6. The number of nitrogens with one attached hydrogen (secondary N) is 2. The Kier molecular flexibility index (Phi) is 6.11. The number of aromatic amines is 2. The Morgan fingerprint density at radius 3 is 1.46 bits per heavy atom. The van der Waals surface area contributed by atoms with Crippen LogP contribution >= 0.6 is 0 Å². The van der Waals surface area contributed by atoms with Crippen LogP contribution in [0.1, 0.15) is 24.0 Å². The first-order chi connectivity index (χ1) is 13.5. The Morgan fingerprint density at radius 2 is 1.07 bits per heavy atom. The van der Waals surface area contributed by atoms with Crippen LogP contribution in [0, 0.1) is 0 Å². The maximum Gasteiger partial charge on any atom is 0.217 e. The van der Waals surface area contributed by atoms with Crippen molar-refractivity contribution in [2.75, 3.05) is 0 Å². The largest absolute Gasteiger partial charge is 0.370 e. The first kappa shape index (κ1) is 19.2. The average Bonchev–Trinajstić information content (AvgIpc) is 3.29. The number of aromatic nitrogens is 2. The third-order valence-electron chi connectivity index (χ3n) is 4.63. The van der Waals surface area contributed by atoms with Crippen LogP contribution < -0.4 is 11.5 Å². The van der Waals surface area contributed by atoms with Crippen molar-refractivity contribution < 1.29 is 9.59 Å². The number of amides is 2. The van der Waals surface area contributed by atoms with Gasteiger partial charge in [0.1, 0.15) is 0 Å². The lowest BCUT2D eigenvalue weighted by Gasteiger charge is -1.95. The molecule has 28 heavy (non-hydrogen) atoms. The molecule has 0 saturated heterocycles. The zero-order valence-corrected chi connectivity index (χ0v) is 15.6. The number of nitrogens with two attached hydrogens (primary N) is 2. The van der Waals surface area contributed by atoms with E-state index in [1.807, 2.05) is 60.9 Å². The van der Waals surface area contributed by atoms with Gasteiger partial charge in [-0.15, -0.1) is 0 Å². The summed E-state index contributed by atoms with van der Waals surface area (Å²) in [7, 11) is 0. The number of hydrogen-bond acceptors (Lipinski definition) is 2. The van der Waals surface area contributed by atoms with Crippen LogP contribution in [0.5, 0.6) is 0 Å². The highest BCUT2D eigenvalue weighted by atomic mass is 16.1. The van der Waals surface area contributed by atoms with Crippen molar-refractivity contribution in [1.29, 1.82) is 0 Å². The highest BCUT2D eigenvalue weighted by Crippen LogP contribution is 2.19. The van der Waals surface area contributed by atoms with Crippen LogP contribution in [0.4, 0.5) is 0 Å². The fourth-order valence-electron chi connectivity index (χ4n) is 3.19. The van der Waals surface area contributed by atoms with Gasteiger partial charge >= 0.3 is 0 Å². The van der Waals surface area contributed by atoms with E-state index in [9.17, 15) is 9.59 Å². The highest BCUT2D eigenvalue weighted by molar-refractivity contribution is 5.84. The number of hydrogen-bond donors (Lipinski definition) is 4. The Labute approximate surface area is 162 Å². The number of para-hydroxylation sites is 2. The number of carbonyl (C=O) groups is 2. The van der Waals surface area contributed by atoms with Crippen molar-refractivity contribution >= 4 is 33.6 Å². The Balaban J connectivity index is 0.000000161. The lowest BCUT2D eigenvalue weighted by Crippen LogP contribution is -2.10. The first-order valence-electron chi connectivity index (χ1n) is 9.21. The van der Waals surface area contributed by atoms with Crippen molar-refractivity contribution in [3.05, 3.63) is 72.1 Å². The molecule has 2 amide bonds. The zero-order valence-electron chi connectivity index (χ0n) is 15.6. The van der Waals surface area contributed by atoms with E-state index in [1.165, 1.54) is 10.8 Å². The quantitative estimate of drug-likeness (QED) is 0.413. The number of carbonyl (C=O) groups excluding carboxylic acids is 2. The molecule has 0 spiro atoms. The fraction of sp³-hybridized carbons (Fsp3) is 0.182. The molecule has 144 valence electrons. The second-order valence-electron chi connectivity index (χ2n) is 6.65. The lowest BCUT2D eigenvalue weighted by molar-refractivity contribution is -0.118. The molecular formula is C22H24N4O2. The van der Waals surface area contributed by atoms with Gasteiger partial charge in [-0.3, -0.25) is 9.59 Å². The predicted molar refractivity (Wildman–Crippen MR) is 112 cm³/mol. The van der Waals surface area contributed by atoms with Crippen molar-refractivity contribution in [3.63, 3.8) is 0 Å². The highest BCUT2D eigenvalue weighted by Gasteiger charge is 2.04. The smallest absolute Gasteiger partial charge is 0.217 e. The number of primary amides is 2. The monoisotopic (exact) mass is 376 g/mol. The Hall–Kier alpha value is -3.54. The topological polar surface area (TPSA) is 118 Å². The third kappa shape index (κ3) is 4.79. The van der Waals surface area contributed by atoms with E-state index in [0.717, 1.165) is 22.2 Å². The summed E-state index contributed by atoms with van der Waals surface area (Å²) >= 11 is 0. The minimum absolute atomic E-state index is 0.254. The molecule has 0 aliphatic rings. The molecule has 0 atom stereocenters. The van der Waals surface area contributed by atoms with Crippen molar-refractivity contribution in [2.45, 2.75) is 25.7 Å². The van der Waals surface area contributed by atoms with Crippen LogP contribution in [0.25, 0.3) is 21.8 Å². The molecule has 4 aromatic rings. The summed E-state index contributed by atoms with van der Waals surface area (Å²) in [6, 6.07) is 16.1. The van der Waals surface area contributed by atoms with E-state index in [2.05, 4.69) is 9.97 Å². The van der Waals surface area contributed by atoms with Gasteiger partial charge in [0.15, 0.2) is 0 Å². The molecule has 6 heteroatoms. The van der Waals surface area contributed by atoms with Gasteiger partial charge in [0.05, 0.1) is 0 Å². The summed E-state index contributed by atoms with van der Waals surface area (Å²) in [5.41, 5.74) is 14.7. The van der Waals surface area contributed by atoms with Gasteiger partial charge in [-0.05, 0) is 36.1 Å². The van der Waals surface area contributed by atoms with E-state index >= 15 is 0 Å². The normalized spacial score (nSPS) is 10.6. The molecule has 0 unspecified atom stereocenters. The number of aryl methyl sites for hydroxylation is 2. The summed E-state index contributed by atoms with van der Waals surface area (Å²) in [6.45, 7) is 0. The van der Waals surface area contributed by atoms with Gasteiger partial charge in [-0.1, -0.05) is 36.4 Å². The average molecular weight is 376 g/mol. The molecule has 4 rings (SSSR count). The third-order valence-corrected chi connectivity index (χ3v) is 4.63. The minimum atomic E-state index is -0.254. The molecule has 0 bridgehead atoms. The molecule has 0 radical (unpaired) electrons. The van der Waals surface area contributed by atoms with Crippen LogP contribution in [0.3, 0.4) is 0 Å². The molecule has 2 heterocycles. The predicted octanol–water partition coefficient (Wildman–Crippen LogP) is 3.17. The van der Waals surface area contributed by atoms with Crippen LogP contribution in [-0.4, -0.2) is 21.8 Å². The molecule has 0 aliphatic heterocycles. The van der Waals surface area contributed by atoms with Gasteiger partial charge in [0.2, 0.25) is 11.8 Å². The second-order valence-corrected chi connectivity index (χ2v) is 6.65. The van der Waals surface area contributed by atoms with Crippen molar-refractivity contribution in [3.8, 4) is 0 Å². The van der Waals surface area contributed by atoms with Gasteiger partial charge in [-0.2, -0.15) is 0 Å². The van der Waals surface area contributed by atoms with Gasteiger partial charge in [0.25, 0.3) is 0 Å². The maximum atomic E-state index is 10.6. The number of H-pyrrole nitrogens is 2. The number of rotatable bonds is 6. The molecule has 0 aliphatic carbocycles. The van der Waals surface area contributed by atoms with Gasteiger partial charge in [0, 0.05) is 47.0 Å². The number of benzene rings is 2. The summed E-state index contributed by atoms with van der Waals surface area (Å²) in [6.07, 6.45) is 6.10. The first-order valence-corrected chi connectivity index (χ1v) is 9.21. The van der Waals surface area contributed by atoms with E-state index < -0.39 is 0 Å². The summed E-state index contributed by atoms with van der Waals surface area (Å²) < 4.78 is 0. The standard InChI is InChI=1S/2C11H12N2O/c2*12-11(14)6-5-8-7-13-10-4-2-1-3-9(8)10/h2*1-4,7,13H,5-6H2,(H2,12,14). The van der Waals surface area contributed by atoms with E-state index in [-0.39, 0.29) is 11.8 Å². The van der Waals surface area contributed by atoms with Gasteiger partial charge in [-0.25, -0.2) is 0 Å². The zero-order chi connectivity index (χ0) is 19.9. The van der Waals surface area contributed by atoms with E-state index in [1.54, 1.807) is 0 Å². The summed E-state index contributed by atoms with van der Waals surface area (Å²) in [5, 5.41) is 2.35. The Morgan fingerprint density at radius 1 is 0.679 bits per heavy atom. The molecule has 2 aromatic heterocycles. The lowest BCUT2D eigenvalue weighted by atomic mass is 10.1. The van der Waals surface area contributed by atoms with Gasteiger partial charge < -0.3 is 21.4 Å². The fourth-order valence-corrected chi connectivity index (χ4v) is 3.19. The SMILES string of the molecule is NC(=O)CCc1c[nH]c2ccccc12.NC(=O)CCc1c[nH]c2ccccc12. The molecular weight excluding hydrogens is 352 g/mol. The van der Waals surface area contributed by atoms with Crippen LogP contribution in [-0.2, 0) is 22.4 Å². The summed E-state index contributed by atoms with van der Waals surface area (Å²) in [4.78, 5) is 27.6.